The number of nitrogens with zero attached hydrogens (tertiary/aromatic N) is 6. The van der Waals surface area contributed by atoms with E-state index in [2.05, 4.69) is 186 Å². The summed E-state index contributed by atoms with van der Waals surface area (Å²) in [5.74, 6) is 3.23. The zero-order valence-electron chi connectivity index (χ0n) is 33.0. The maximum absolute atomic E-state index is 5.31. The third-order valence-electron chi connectivity index (χ3n) is 11.1. The third kappa shape index (κ3) is 6.82. The van der Waals surface area contributed by atoms with Gasteiger partial charge in [0.1, 0.15) is 11.5 Å². The second-order valence-corrected chi connectivity index (χ2v) is 14.9. The normalized spacial score (nSPS) is 11.3. The number of rotatable bonds is 8. The molecular formula is C55H36N6. The standard InChI is InChI=1S/C55H36N6/c1-5-17-37(18-6-1)43-25-15-27-45(35-43)52-56-50(57-53(58-52)46-28-16-26-44(36-46)38-19-7-2-8-20-38)41-31-33-42(34-32-41)54-59-51(40-23-11-4-12-24-40)60-55-48-30-14-13-29-47(48)49(61(54)55)39-21-9-3-10-22-39/h1-36H. The van der Waals surface area contributed by atoms with Crippen LogP contribution in [0.2, 0.25) is 0 Å². The Morgan fingerprint density at radius 1 is 0.246 bits per heavy atom. The van der Waals surface area contributed by atoms with Gasteiger partial charge in [-0.1, -0.05) is 206 Å². The van der Waals surface area contributed by atoms with E-state index in [0.717, 1.165) is 83.6 Å². The molecule has 0 aliphatic heterocycles. The van der Waals surface area contributed by atoms with E-state index in [9.17, 15) is 0 Å². The zero-order valence-corrected chi connectivity index (χ0v) is 33.0. The maximum Gasteiger partial charge on any atom is 0.164 e. The van der Waals surface area contributed by atoms with Crippen LogP contribution in [-0.2, 0) is 0 Å². The van der Waals surface area contributed by atoms with Crippen LogP contribution in [0.3, 0.4) is 0 Å². The molecule has 0 N–H and O–H groups in total. The van der Waals surface area contributed by atoms with Crippen molar-refractivity contribution in [2.24, 2.45) is 0 Å². The highest BCUT2D eigenvalue weighted by Gasteiger charge is 2.21. The summed E-state index contributed by atoms with van der Waals surface area (Å²) in [5, 5.41) is 2.18. The van der Waals surface area contributed by atoms with E-state index in [1.54, 1.807) is 0 Å². The van der Waals surface area contributed by atoms with E-state index in [1.165, 1.54) is 0 Å². The summed E-state index contributed by atoms with van der Waals surface area (Å²) in [4.78, 5) is 26.0. The predicted octanol–water partition coefficient (Wildman–Crippen LogP) is 13.4. The molecule has 3 heterocycles. The third-order valence-corrected chi connectivity index (χ3v) is 11.1. The molecule has 0 bridgehead atoms. The highest BCUT2D eigenvalue weighted by Crippen LogP contribution is 2.38. The van der Waals surface area contributed by atoms with Gasteiger partial charge in [0.15, 0.2) is 23.3 Å². The van der Waals surface area contributed by atoms with Crippen molar-refractivity contribution in [3.05, 3.63) is 218 Å². The molecule has 286 valence electrons. The molecule has 11 aromatic rings. The molecule has 6 nitrogen and oxygen atoms in total. The first-order valence-corrected chi connectivity index (χ1v) is 20.3. The zero-order chi connectivity index (χ0) is 40.5. The van der Waals surface area contributed by atoms with Crippen molar-refractivity contribution in [1.29, 1.82) is 0 Å². The van der Waals surface area contributed by atoms with E-state index in [-0.39, 0.29) is 0 Å². The maximum atomic E-state index is 5.31. The van der Waals surface area contributed by atoms with Gasteiger partial charge in [-0.05, 0) is 39.9 Å². The lowest BCUT2D eigenvalue weighted by Gasteiger charge is -2.13. The van der Waals surface area contributed by atoms with Gasteiger partial charge in [-0.2, -0.15) is 0 Å². The molecule has 0 unspecified atom stereocenters. The summed E-state index contributed by atoms with van der Waals surface area (Å²) in [7, 11) is 0. The molecule has 0 aliphatic rings. The first kappa shape index (κ1) is 35.8. The van der Waals surface area contributed by atoms with Gasteiger partial charge in [0.25, 0.3) is 0 Å². The smallest absolute Gasteiger partial charge is 0.164 e. The van der Waals surface area contributed by atoms with Gasteiger partial charge in [-0.15, -0.1) is 0 Å². The fraction of sp³-hybridized carbons (Fsp3) is 0. The van der Waals surface area contributed by atoms with Crippen LogP contribution in [-0.4, -0.2) is 29.3 Å². The average molecular weight is 781 g/mol. The number of fused-ring (bicyclic) bond motifs is 3. The largest absolute Gasteiger partial charge is 0.277 e. The van der Waals surface area contributed by atoms with Crippen LogP contribution < -0.4 is 0 Å². The Morgan fingerprint density at radius 3 is 1.16 bits per heavy atom. The monoisotopic (exact) mass is 780 g/mol. The number of aromatic nitrogens is 6. The number of hydrogen-bond donors (Lipinski definition) is 0. The predicted molar refractivity (Wildman–Crippen MR) is 247 cm³/mol. The van der Waals surface area contributed by atoms with E-state index in [4.69, 9.17) is 24.9 Å². The van der Waals surface area contributed by atoms with Crippen molar-refractivity contribution in [2.45, 2.75) is 0 Å². The van der Waals surface area contributed by atoms with Crippen molar-refractivity contribution in [1.82, 2.24) is 29.3 Å². The highest BCUT2D eigenvalue weighted by molar-refractivity contribution is 6.06. The lowest BCUT2D eigenvalue weighted by molar-refractivity contribution is 1.05. The van der Waals surface area contributed by atoms with Gasteiger partial charge in [0.05, 0.1) is 5.69 Å². The minimum absolute atomic E-state index is 0.580. The number of hydrogen-bond acceptors (Lipinski definition) is 5. The fourth-order valence-electron chi connectivity index (χ4n) is 8.08. The Morgan fingerprint density at radius 2 is 0.623 bits per heavy atom. The Balaban J connectivity index is 1.08. The SMILES string of the molecule is c1ccc(-c2cccc(-c3nc(-c4ccc(-c5nc(-c6ccccc6)nc6c7ccccc7c(-c7ccccc7)n56)cc4)nc(-c4cccc(-c5ccccc5)c4)n3)c2)cc1. The summed E-state index contributed by atoms with van der Waals surface area (Å²) in [6.07, 6.45) is 0. The first-order chi connectivity index (χ1) is 30.2. The Labute approximate surface area is 353 Å². The van der Waals surface area contributed by atoms with Crippen molar-refractivity contribution in [3.63, 3.8) is 0 Å². The van der Waals surface area contributed by atoms with Crippen LogP contribution in [0.25, 0.3) is 107 Å². The van der Waals surface area contributed by atoms with E-state index < -0.39 is 0 Å². The summed E-state index contributed by atoms with van der Waals surface area (Å²) in [6, 6.07) is 75.1. The Kier molecular flexibility index (Phi) is 9.06. The highest BCUT2D eigenvalue weighted by atomic mass is 15.1. The molecule has 8 aromatic carbocycles. The van der Waals surface area contributed by atoms with Crippen molar-refractivity contribution >= 4 is 16.4 Å². The van der Waals surface area contributed by atoms with Gasteiger partial charge < -0.3 is 0 Å². The van der Waals surface area contributed by atoms with Gasteiger partial charge in [-0.3, -0.25) is 4.40 Å². The van der Waals surface area contributed by atoms with Crippen molar-refractivity contribution in [2.75, 3.05) is 0 Å². The average Bonchev–Trinajstić information content (AvgIpc) is 3.69. The lowest BCUT2D eigenvalue weighted by atomic mass is 10.0. The summed E-state index contributed by atoms with van der Waals surface area (Å²) < 4.78 is 2.21. The second kappa shape index (κ2) is 15.4. The van der Waals surface area contributed by atoms with Gasteiger partial charge >= 0.3 is 0 Å². The molecule has 0 amide bonds. The van der Waals surface area contributed by atoms with Crippen LogP contribution >= 0.6 is 0 Å². The quantitative estimate of drug-likeness (QED) is 0.154. The van der Waals surface area contributed by atoms with Gasteiger partial charge in [-0.25, -0.2) is 24.9 Å². The van der Waals surface area contributed by atoms with E-state index in [0.29, 0.717) is 23.3 Å². The molecule has 3 aromatic heterocycles. The minimum atomic E-state index is 0.580. The topological polar surface area (TPSA) is 68.9 Å². The summed E-state index contributed by atoms with van der Waals surface area (Å²) in [6.45, 7) is 0. The second-order valence-electron chi connectivity index (χ2n) is 14.9. The minimum Gasteiger partial charge on any atom is -0.277 e. The molecule has 0 radical (unpaired) electrons. The first-order valence-electron chi connectivity index (χ1n) is 20.3. The molecular weight excluding hydrogens is 745 g/mol. The van der Waals surface area contributed by atoms with Crippen molar-refractivity contribution in [3.8, 4) is 90.5 Å². The Hall–Kier alpha value is -8.35. The van der Waals surface area contributed by atoms with Crippen LogP contribution in [0.1, 0.15) is 0 Å². The van der Waals surface area contributed by atoms with Crippen molar-refractivity contribution < 1.29 is 0 Å². The van der Waals surface area contributed by atoms with Crippen LogP contribution in [0.15, 0.2) is 218 Å². The van der Waals surface area contributed by atoms with Gasteiger partial charge in [0, 0.05) is 38.6 Å². The van der Waals surface area contributed by atoms with Gasteiger partial charge in [0.2, 0.25) is 0 Å². The molecule has 0 fully saturated rings. The molecule has 0 saturated carbocycles. The Bertz CT molecular complexity index is 3230. The van der Waals surface area contributed by atoms with Crippen LogP contribution in [0, 0.1) is 0 Å². The lowest BCUT2D eigenvalue weighted by Crippen LogP contribution is -2.03. The van der Waals surface area contributed by atoms with Crippen LogP contribution in [0.5, 0.6) is 0 Å². The molecule has 61 heavy (non-hydrogen) atoms. The molecule has 0 spiro atoms. The summed E-state index contributed by atoms with van der Waals surface area (Å²) in [5.41, 5.74) is 12.0. The molecule has 11 rings (SSSR count). The molecule has 0 saturated heterocycles. The van der Waals surface area contributed by atoms with E-state index in [1.807, 2.05) is 36.4 Å². The molecule has 0 atom stereocenters. The van der Waals surface area contributed by atoms with Crippen LogP contribution in [0.4, 0.5) is 0 Å². The molecule has 6 heteroatoms. The summed E-state index contributed by atoms with van der Waals surface area (Å²) >= 11 is 0. The van der Waals surface area contributed by atoms with E-state index >= 15 is 0 Å². The fourth-order valence-corrected chi connectivity index (χ4v) is 8.08. The number of benzene rings is 8. The molecule has 0 aliphatic carbocycles.